The summed E-state index contributed by atoms with van der Waals surface area (Å²) in [6.07, 6.45) is 3.79. The van der Waals surface area contributed by atoms with E-state index in [9.17, 15) is 0 Å². The van der Waals surface area contributed by atoms with Gasteiger partial charge in [0.2, 0.25) is 0 Å². The maximum atomic E-state index is 2.39. The van der Waals surface area contributed by atoms with Crippen molar-refractivity contribution in [2.75, 3.05) is 20.6 Å². The lowest BCUT2D eigenvalue weighted by Crippen LogP contribution is -2.13. The summed E-state index contributed by atoms with van der Waals surface area (Å²) in [4.78, 5) is 2.27. The van der Waals surface area contributed by atoms with E-state index in [-0.39, 0.29) is 9.52 Å². The van der Waals surface area contributed by atoms with Gasteiger partial charge in [0.25, 0.3) is 0 Å². The van der Waals surface area contributed by atoms with Crippen LogP contribution in [0.2, 0.25) is 12.1 Å². The van der Waals surface area contributed by atoms with Crippen LogP contribution in [0.4, 0.5) is 0 Å². The Hall–Kier alpha value is -0.0831. The van der Waals surface area contributed by atoms with Crippen LogP contribution in [0.5, 0.6) is 0 Å². The van der Waals surface area contributed by atoms with Crippen LogP contribution in [-0.2, 0) is 0 Å². The highest BCUT2D eigenvalue weighted by molar-refractivity contribution is 6.36. The number of nitrogens with zero attached hydrogens (tertiary/aromatic N) is 1. The third-order valence-corrected chi connectivity index (χ3v) is 3.56. The normalized spacial score (nSPS) is 11.4. The average Bonchev–Trinajstić information content (AvgIpc) is 1.95. The summed E-state index contributed by atoms with van der Waals surface area (Å²) in [7, 11) is 4.52. The molecule has 72 valence electrons. The summed E-state index contributed by atoms with van der Waals surface area (Å²) in [6.45, 7) is 5.64. The lowest BCUT2D eigenvalue weighted by Gasteiger charge is -2.07. The zero-order valence-electron chi connectivity index (χ0n) is 9.06. The fourth-order valence-corrected chi connectivity index (χ4v) is 2.79. The highest BCUT2D eigenvalue weighted by atomic mass is 28.2. The Kier molecular flexibility index (Phi) is 7.51. The number of allylic oxidation sites excluding steroid dienone is 2. The first-order chi connectivity index (χ1) is 5.63. The minimum absolute atomic E-state index is 0.222. The van der Waals surface area contributed by atoms with Gasteiger partial charge in [-0.1, -0.05) is 17.7 Å². The molecule has 0 N–H and O–H groups in total. The Morgan fingerprint density at radius 1 is 1.33 bits per heavy atom. The molecule has 0 aliphatic rings. The molecule has 0 heterocycles. The van der Waals surface area contributed by atoms with E-state index in [0.29, 0.717) is 0 Å². The van der Waals surface area contributed by atoms with Crippen molar-refractivity contribution in [2.45, 2.75) is 32.4 Å². The van der Waals surface area contributed by atoms with Crippen LogP contribution in [-0.4, -0.2) is 35.1 Å². The molecule has 0 atom stereocenters. The zero-order chi connectivity index (χ0) is 9.40. The first-order valence-corrected chi connectivity index (χ1v) is 6.91. The number of rotatable bonds is 6. The summed E-state index contributed by atoms with van der Waals surface area (Å²) in [6, 6.07) is 2.90. The first kappa shape index (κ1) is 11.9. The fraction of sp³-hybridized carbons (Fsp3) is 0.800. The molecule has 0 rings (SSSR count). The number of hydrogen-bond acceptors (Lipinski definition) is 1. The van der Waals surface area contributed by atoms with Crippen molar-refractivity contribution in [1.82, 2.24) is 4.90 Å². The van der Waals surface area contributed by atoms with E-state index in [2.05, 4.69) is 38.9 Å². The van der Waals surface area contributed by atoms with Gasteiger partial charge in [-0.2, -0.15) is 0 Å². The maximum absolute atomic E-state index is 2.39. The van der Waals surface area contributed by atoms with E-state index < -0.39 is 0 Å². The molecular formula is C10H23NSi. The van der Waals surface area contributed by atoms with E-state index in [4.69, 9.17) is 0 Å². The summed E-state index contributed by atoms with van der Waals surface area (Å²) in [5.41, 5.74) is 1.48. The Balaban J connectivity index is 3.06. The van der Waals surface area contributed by atoms with Gasteiger partial charge in [-0.25, -0.2) is 0 Å². The molecule has 0 amide bonds. The van der Waals surface area contributed by atoms with Crippen LogP contribution >= 0.6 is 0 Å². The van der Waals surface area contributed by atoms with Crippen molar-refractivity contribution in [3.63, 3.8) is 0 Å². The van der Waals surface area contributed by atoms with Gasteiger partial charge in [-0.3, -0.25) is 0 Å². The average molecular weight is 185 g/mol. The van der Waals surface area contributed by atoms with Crippen molar-refractivity contribution in [3.8, 4) is 0 Å². The quantitative estimate of drug-likeness (QED) is 0.347. The minimum Gasteiger partial charge on any atom is -0.309 e. The lowest BCUT2D eigenvalue weighted by atomic mass is 10.3. The second-order valence-corrected chi connectivity index (χ2v) is 5.93. The topological polar surface area (TPSA) is 3.24 Å². The van der Waals surface area contributed by atoms with Gasteiger partial charge < -0.3 is 4.90 Å². The molecule has 0 aromatic rings. The molecule has 0 aliphatic carbocycles. The van der Waals surface area contributed by atoms with E-state index >= 15 is 0 Å². The molecule has 0 fully saturated rings. The minimum atomic E-state index is 0.222. The van der Waals surface area contributed by atoms with Gasteiger partial charge in [-0.05, 0) is 47.0 Å². The second-order valence-electron chi connectivity index (χ2n) is 3.93. The predicted molar refractivity (Wildman–Crippen MR) is 60.8 cm³/mol. The third-order valence-electron chi connectivity index (χ3n) is 1.86. The van der Waals surface area contributed by atoms with Gasteiger partial charge >= 0.3 is 0 Å². The SMILES string of the molecule is CC(C)=CC[SiH2]CCCN(C)C. The molecule has 0 spiro atoms. The summed E-state index contributed by atoms with van der Waals surface area (Å²) >= 11 is 0. The van der Waals surface area contributed by atoms with Crippen molar-refractivity contribution in [3.05, 3.63) is 11.6 Å². The molecule has 0 saturated carbocycles. The highest BCUT2D eigenvalue weighted by Gasteiger charge is 1.90. The molecule has 0 radical (unpaired) electrons. The third kappa shape index (κ3) is 9.92. The largest absolute Gasteiger partial charge is 0.309 e. The second kappa shape index (κ2) is 7.56. The van der Waals surface area contributed by atoms with Crippen molar-refractivity contribution in [1.29, 1.82) is 0 Å². The molecule has 0 unspecified atom stereocenters. The Bertz CT molecular complexity index is 126. The van der Waals surface area contributed by atoms with E-state index in [1.165, 1.54) is 30.6 Å². The van der Waals surface area contributed by atoms with Crippen LogP contribution in [0.15, 0.2) is 11.6 Å². The smallest absolute Gasteiger partial charge is 0.0240 e. The zero-order valence-corrected chi connectivity index (χ0v) is 10.5. The molecule has 0 bridgehead atoms. The van der Waals surface area contributed by atoms with Gasteiger partial charge in [0.05, 0.1) is 0 Å². The number of hydrogen-bond donors (Lipinski definition) is 0. The summed E-state index contributed by atoms with van der Waals surface area (Å²) in [5.74, 6) is 0. The lowest BCUT2D eigenvalue weighted by molar-refractivity contribution is 0.408. The Morgan fingerprint density at radius 2 is 2.00 bits per heavy atom. The van der Waals surface area contributed by atoms with E-state index in [1.807, 2.05) is 0 Å². The molecule has 0 saturated heterocycles. The maximum Gasteiger partial charge on any atom is 0.0240 e. The van der Waals surface area contributed by atoms with E-state index in [0.717, 1.165) is 0 Å². The standard InChI is InChI=1S/C10H23NSi/c1-10(2)6-9-12-8-5-7-11(3)4/h6H,5,7-9,12H2,1-4H3. The fourth-order valence-electron chi connectivity index (χ4n) is 1.14. The molecule has 1 nitrogen and oxygen atoms in total. The molecular weight excluding hydrogens is 162 g/mol. The van der Waals surface area contributed by atoms with Gasteiger partial charge in [0.1, 0.15) is 0 Å². The van der Waals surface area contributed by atoms with Crippen LogP contribution in [0.3, 0.4) is 0 Å². The summed E-state index contributed by atoms with van der Waals surface area (Å²) < 4.78 is 0. The molecule has 0 aromatic carbocycles. The molecule has 12 heavy (non-hydrogen) atoms. The van der Waals surface area contributed by atoms with Gasteiger partial charge in [0.15, 0.2) is 0 Å². The van der Waals surface area contributed by atoms with Crippen LogP contribution in [0.25, 0.3) is 0 Å². The van der Waals surface area contributed by atoms with Gasteiger partial charge in [0, 0.05) is 9.52 Å². The Morgan fingerprint density at radius 3 is 2.50 bits per heavy atom. The Labute approximate surface area is 79.7 Å². The molecule has 0 aliphatic heterocycles. The molecule has 2 heteroatoms. The van der Waals surface area contributed by atoms with Crippen molar-refractivity contribution < 1.29 is 0 Å². The highest BCUT2D eigenvalue weighted by Crippen LogP contribution is 1.97. The van der Waals surface area contributed by atoms with Crippen LogP contribution < -0.4 is 0 Å². The van der Waals surface area contributed by atoms with Crippen LogP contribution in [0, 0.1) is 0 Å². The van der Waals surface area contributed by atoms with E-state index in [1.54, 1.807) is 0 Å². The van der Waals surface area contributed by atoms with Crippen molar-refractivity contribution >= 4 is 9.52 Å². The molecule has 0 aromatic heterocycles. The van der Waals surface area contributed by atoms with Gasteiger partial charge in [-0.15, -0.1) is 0 Å². The van der Waals surface area contributed by atoms with Crippen LogP contribution in [0.1, 0.15) is 20.3 Å². The summed E-state index contributed by atoms with van der Waals surface area (Å²) in [5, 5.41) is 0. The van der Waals surface area contributed by atoms with Crippen molar-refractivity contribution in [2.24, 2.45) is 0 Å². The monoisotopic (exact) mass is 185 g/mol. The first-order valence-electron chi connectivity index (χ1n) is 4.91. The predicted octanol–water partition coefficient (Wildman–Crippen LogP) is 1.91.